The van der Waals surface area contributed by atoms with Crippen LogP contribution in [0.4, 0.5) is 0 Å². The fourth-order valence-electron chi connectivity index (χ4n) is 4.82. The number of allylic oxidation sites excluding steroid dienone is 1. The SMILES string of the molecule is CC(=O)NC(=O)/C1=C(\C)c2cn(c3ccccc23)CCCOCCn2cc1c1ccccc12.CN(C)C. The van der Waals surface area contributed by atoms with Crippen LogP contribution in [0, 0.1) is 0 Å². The molecule has 7 nitrogen and oxygen atoms in total. The van der Waals surface area contributed by atoms with Crippen LogP contribution < -0.4 is 5.32 Å². The van der Waals surface area contributed by atoms with Crippen molar-refractivity contribution < 1.29 is 14.3 Å². The summed E-state index contributed by atoms with van der Waals surface area (Å²) in [4.78, 5) is 27.3. The maximum absolute atomic E-state index is 13.4. The zero-order chi connectivity index (χ0) is 26.5. The van der Waals surface area contributed by atoms with Crippen LogP contribution in [-0.2, 0) is 27.4 Å². The molecule has 1 aliphatic heterocycles. The molecule has 7 heteroatoms. The predicted octanol–water partition coefficient (Wildman–Crippen LogP) is 4.79. The van der Waals surface area contributed by atoms with E-state index < -0.39 is 0 Å². The molecule has 2 aromatic heterocycles. The lowest BCUT2D eigenvalue weighted by atomic mass is 9.94. The number of benzene rings is 2. The average Bonchev–Trinajstić information content (AvgIpc) is 3.39. The molecule has 0 unspecified atom stereocenters. The molecule has 0 saturated heterocycles. The first-order valence-electron chi connectivity index (χ1n) is 12.7. The molecule has 2 aromatic carbocycles. The van der Waals surface area contributed by atoms with Crippen molar-refractivity contribution in [3.63, 3.8) is 0 Å². The number of rotatable bonds is 1. The van der Waals surface area contributed by atoms with E-state index >= 15 is 0 Å². The van der Waals surface area contributed by atoms with Crippen LogP contribution in [0.25, 0.3) is 33.0 Å². The number of ether oxygens (including phenoxy) is 1. The molecule has 37 heavy (non-hydrogen) atoms. The molecule has 0 atom stereocenters. The summed E-state index contributed by atoms with van der Waals surface area (Å²) >= 11 is 0. The molecule has 0 aliphatic carbocycles. The highest BCUT2D eigenvalue weighted by Gasteiger charge is 2.24. The number of amides is 2. The van der Waals surface area contributed by atoms with Gasteiger partial charge in [-0.3, -0.25) is 14.9 Å². The molecular formula is C30H36N4O3. The Labute approximate surface area is 218 Å². The van der Waals surface area contributed by atoms with E-state index in [4.69, 9.17) is 4.74 Å². The standard InChI is InChI=1S/C27H27N3O3.C3H9N/c1-18-22-16-29(24-10-5-3-8-20(22)24)12-7-14-33-15-13-30-17-23(21-9-4-6-11-25(21)30)26(18)27(32)28-19(2)31;1-4(2)3/h3-6,8-11,16-17H,7,12-15H2,1-2H3,(H,28,31,32);1-3H3/b26-18+;. The monoisotopic (exact) mass is 500 g/mol. The van der Waals surface area contributed by atoms with Gasteiger partial charge in [-0.2, -0.15) is 0 Å². The van der Waals surface area contributed by atoms with Crippen molar-refractivity contribution in [2.45, 2.75) is 33.4 Å². The summed E-state index contributed by atoms with van der Waals surface area (Å²) in [5, 5.41) is 4.57. The van der Waals surface area contributed by atoms with E-state index in [0.717, 1.165) is 51.5 Å². The van der Waals surface area contributed by atoms with Gasteiger partial charge in [0.2, 0.25) is 5.91 Å². The summed E-state index contributed by atoms with van der Waals surface area (Å²) < 4.78 is 10.3. The third-order valence-electron chi connectivity index (χ3n) is 6.31. The predicted molar refractivity (Wildman–Crippen MR) is 150 cm³/mol. The molecule has 1 N–H and O–H groups in total. The number of hydrogen-bond acceptors (Lipinski definition) is 4. The summed E-state index contributed by atoms with van der Waals surface area (Å²) in [6.45, 7) is 6.14. The quantitative estimate of drug-likeness (QED) is 0.408. The number of para-hydroxylation sites is 2. The second-order valence-corrected chi connectivity index (χ2v) is 9.82. The second-order valence-electron chi connectivity index (χ2n) is 9.82. The number of nitrogens with one attached hydrogen (secondary N) is 1. The number of imide groups is 1. The Morgan fingerprint density at radius 2 is 1.38 bits per heavy atom. The molecule has 0 radical (unpaired) electrons. The fraction of sp³-hybridized carbons (Fsp3) is 0.333. The molecule has 194 valence electrons. The molecule has 0 fully saturated rings. The van der Waals surface area contributed by atoms with Gasteiger partial charge in [-0.1, -0.05) is 36.4 Å². The van der Waals surface area contributed by atoms with Crippen LogP contribution in [0.1, 0.15) is 31.4 Å². The third kappa shape index (κ3) is 5.84. The number of aryl methyl sites for hydroxylation is 1. The molecule has 3 heterocycles. The van der Waals surface area contributed by atoms with E-state index in [-0.39, 0.29) is 11.8 Å². The van der Waals surface area contributed by atoms with Crippen LogP contribution in [0.15, 0.2) is 60.9 Å². The smallest absolute Gasteiger partial charge is 0.258 e. The van der Waals surface area contributed by atoms with Crippen molar-refractivity contribution >= 4 is 44.8 Å². The summed E-state index contributed by atoms with van der Waals surface area (Å²) in [7, 11) is 6.00. The second kappa shape index (κ2) is 11.6. The van der Waals surface area contributed by atoms with Crippen molar-refractivity contribution in [2.75, 3.05) is 34.4 Å². The summed E-state index contributed by atoms with van der Waals surface area (Å²) in [5.74, 6) is -0.762. The zero-order valence-electron chi connectivity index (χ0n) is 22.4. The van der Waals surface area contributed by atoms with Crippen molar-refractivity contribution in [1.82, 2.24) is 19.4 Å². The van der Waals surface area contributed by atoms with E-state index in [1.54, 1.807) is 0 Å². The van der Waals surface area contributed by atoms with Gasteiger partial charge < -0.3 is 18.8 Å². The highest BCUT2D eigenvalue weighted by atomic mass is 16.5. The first-order valence-corrected chi connectivity index (χ1v) is 12.7. The maximum atomic E-state index is 13.4. The lowest BCUT2D eigenvalue weighted by Gasteiger charge is -2.12. The van der Waals surface area contributed by atoms with Gasteiger partial charge in [0.05, 0.1) is 12.2 Å². The number of carbonyl (C=O) groups excluding carboxylic acids is 2. The Hall–Kier alpha value is -3.68. The first kappa shape index (κ1) is 26.4. The van der Waals surface area contributed by atoms with E-state index in [0.29, 0.717) is 25.3 Å². The van der Waals surface area contributed by atoms with Gasteiger partial charge in [0.25, 0.3) is 5.91 Å². The van der Waals surface area contributed by atoms with Crippen molar-refractivity contribution in [3.8, 4) is 0 Å². The van der Waals surface area contributed by atoms with Crippen molar-refractivity contribution in [1.29, 1.82) is 0 Å². The van der Waals surface area contributed by atoms with Gasteiger partial charge in [0.1, 0.15) is 0 Å². The molecule has 4 bridgehead atoms. The average molecular weight is 501 g/mol. The van der Waals surface area contributed by atoms with Gasteiger partial charge in [-0.05, 0) is 52.2 Å². The molecule has 2 amide bonds. The van der Waals surface area contributed by atoms with Crippen molar-refractivity contribution in [2.24, 2.45) is 0 Å². The Bertz CT molecular complexity index is 1460. The van der Waals surface area contributed by atoms with Crippen LogP contribution in [0.2, 0.25) is 0 Å². The number of fused-ring (bicyclic) bond motifs is 10. The Kier molecular flexibility index (Phi) is 8.26. The van der Waals surface area contributed by atoms with E-state index in [1.165, 1.54) is 6.92 Å². The Morgan fingerprint density at radius 1 is 0.838 bits per heavy atom. The third-order valence-corrected chi connectivity index (χ3v) is 6.31. The van der Waals surface area contributed by atoms with Crippen LogP contribution in [0.5, 0.6) is 0 Å². The van der Waals surface area contributed by atoms with Crippen LogP contribution in [-0.4, -0.2) is 60.2 Å². The molecule has 0 spiro atoms. The maximum Gasteiger partial charge on any atom is 0.258 e. The number of hydrogen-bond donors (Lipinski definition) is 1. The molecule has 0 saturated carbocycles. The minimum atomic E-state index is -0.386. The zero-order valence-corrected chi connectivity index (χ0v) is 22.4. The highest BCUT2D eigenvalue weighted by molar-refractivity contribution is 6.32. The van der Waals surface area contributed by atoms with Gasteiger partial charge in [-0.15, -0.1) is 0 Å². The minimum absolute atomic E-state index is 0.376. The molecule has 1 aliphatic rings. The number of carbonyl (C=O) groups is 2. The van der Waals surface area contributed by atoms with E-state index in [9.17, 15) is 9.59 Å². The molecular weight excluding hydrogens is 464 g/mol. The molecule has 5 rings (SSSR count). The lowest BCUT2D eigenvalue weighted by molar-refractivity contribution is -0.126. The Balaban J connectivity index is 0.000000747. The van der Waals surface area contributed by atoms with E-state index in [2.05, 4.69) is 38.8 Å². The van der Waals surface area contributed by atoms with Crippen LogP contribution >= 0.6 is 0 Å². The first-order chi connectivity index (χ1) is 17.8. The lowest BCUT2D eigenvalue weighted by Crippen LogP contribution is -2.29. The van der Waals surface area contributed by atoms with Gasteiger partial charge in [0.15, 0.2) is 0 Å². The Morgan fingerprint density at radius 3 is 2.00 bits per heavy atom. The normalized spacial score (nSPS) is 16.3. The van der Waals surface area contributed by atoms with Gasteiger partial charge >= 0.3 is 0 Å². The fourth-order valence-corrected chi connectivity index (χ4v) is 4.82. The minimum Gasteiger partial charge on any atom is -0.380 e. The van der Waals surface area contributed by atoms with Gasteiger partial charge in [0, 0.05) is 71.9 Å². The topological polar surface area (TPSA) is 68.5 Å². The summed E-state index contributed by atoms with van der Waals surface area (Å²) in [5.41, 5.74) is 5.33. The van der Waals surface area contributed by atoms with Gasteiger partial charge in [-0.25, -0.2) is 0 Å². The summed E-state index contributed by atoms with van der Waals surface area (Å²) in [6, 6.07) is 16.3. The molecule has 4 aromatic rings. The van der Waals surface area contributed by atoms with Crippen molar-refractivity contribution in [3.05, 3.63) is 72.1 Å². The summed E-state index contributed by atoms with van der Waals surface area (Å²) in [6.07, 6.45) is 5.03. The number of aromatic nitrogens is 2. The van der Waals surface area contributed by atoms with Crippen LogP contribution in [0.3, 0.4) is 0 Å². The number of nitrogens with zero attached hydrogens (tertiary/aromatic N) is 3. The van der Waals surface area contributed by atoms with E-state index in [1.807, 2.05) is 69.5 Å². The highest BCUT2D eigenvalue weighted by Crippen LogP contribution is 2.36. The largest absolute Gasteiger partial charge is 0.380 e.